The van der Waals surface area contributed by atoms with E-state index in [1.165, 1.54) is 23.5 Å². The molecular weight excluding hydrogens is 156 g/mol. The van der Waals surface area contributed by atoms with E-state index in [4.69, 9.17) is 5.11 Å². The van der Waals surface area contributed by atoms with Crippen molar-refractivity contribution in [2.75, 3.05) is 12.5 Å². The summed E-state index contributed by atoms with van der Waals surface area (Å²) in [5.74, 6) is -0.850. The lowest BCUT2D eigenvalue weighted by atomic mass is 10.7. The molecule has 0 saturated carbocycles. The summed E-state index contributed by atoms with van der Waals surface area (Å²) >= 11 is 2.64. The van der Waals surface area contributed by atoms with E-state index in [2.05, 4.69) is 0 Å². The number of carbonyl (C=O) groups is 1. The minimum Gasteiger partial charge on any atom is -0.477 e. The zero-order valence-corrected chi connectivity index (χ0v) is 6.88. The van der Waals surface area contributed by atoms with Gasteiger partial charge in [0.25, 0.3) is 0 Å². The normalized spacial score (nSPS) is 11.6. The first-order valence-electron chi connectivity index (χ1n) is 2.22. The lowest BCUT2D eigenvalue weighted by Gasteiger charge is -1.92. The molecule has 0 saturated heterocycles. The van der Waals surface area contributed by atoms with Gasteiger partial charge in [-0.05, 0) is 17.9 Å². The Labute approximate surface area is 62.7 Å². The standard InChI is InChI=1S/C5H8O2S2/c1-8-3-4(9-2)5(6)7/h3H,1-2H3,(H,6,7). The molecule has 0 unspecified atom stereocenters. The second kappa shape index (κ2) is 4.76. The Morgan fingerprint density at radius 2 is 2.11 bits per heavy atom. The Morgan fingerprint density at radius 1 is 1.56 bits per heavy atom. The van der Waals surface area contributed by atoms with Gasteiger partial charge in [-0.3, -0.25) is 0 Å². The maximum Gasteiger partial charge on any atom is 0.342 e. The molecule has 0 atom stereocenters. The van der Waals surface area contributed by atoms with Crippen molar-refractivity contribution in [3.63, 3.8) is 0 Å². The molecule has 0 bridgehead atoms. The van der Waals surface area contributed by atoms with Crippen LogP contribution in [0.2, 0.25) is 0 Å². The number of aliphatic carboxylic acids is 1. The summed E-state index contributed by atoms with van der Waals surface area (Å²) < 4.78 is 0. The molecule has 0 aliphatic carbocycles. The average molecular weight is 164 g/mol. The highest BCUT2D eigenvalue weighted by atomic mass is 32.2. The third kappa shape index (κ3) is 3.48. The van der Waals surface area contributed by atoms with Crippen molar-refractivity contribution >= 4 is 29.5 Å². The molecule has 9 heavy (non-hydrogen) atoms. The van der Waals surface area contributed by atoms with E-state index >= 15 is 0 Å². The number of hydrogen-bond donors (Lipinski definition) is 1. The molecule has 0 aliphatic heterocycles. The summed E-state index contributed by atoms with van der Waals surface area (Å²) in [5, 5.41) is 10.0. The van der Waals surface area contributed by atoms with Gasteiger partial charge in [0.05, 0.1) is 4.91 Å². The molecule has 0 aromatic carbocycles. The summed E-state index contributed by atoms with van der Waals surface area (Å²) in [6.45, 7) is 0. The van der Waals surface area contributed by atoms with Crippen molar-refractivity contribution in [2.24, 2.45) is 0 Å². The van der Waals surface area contributed by atoms with Gasteiger partial charge in [-0.25, -0.2) is 4.79 Å². The van der Waals surface area contributed by atoms with E-state index in [-0.39, 0.29) is 0 Å². The molecule has 4 heteroatoms. The molecule has 1 N–H and O–H groups in total. The molecule has 0 radical (unpaired) electrons. The highest BCUT2D eigenvalue weighted by molar-refractivity contribution is 8.06. The molecule has 52 valence electrons. The van der Waals surface area contributed by atoms with Crippen molar-refractivity contribution in [1.82, 2.24) is 0 Å². The number of hydrogen-bond acceptors (Lipinski definition) is 3. The van der Waals surface area contributed by atoms with Crippen molar-refractivity contribution in [1.29, 1.82) is 0 Å². The lowest BCUT2D eigenvalue weighted by molar-refractivity contribution is -0.131. The van der Waals surface area contributed by atoms with Crippen LogP contribution in [0.15, 0.2) is 10.3 Å². The number of carboxylic acids is 1. The van der Waals surface area contributed by atoms with Gasteiger partial charge < -0.3 is 5.11 Å². The summed E-state index contributed by atoms with van der Waals surface area (Å²) in [7, 11) is 0. The van der Waals surface area contributed by atoms with Crippen molar-refractivity contribution in [2.45, 2.75) is 0 Å². The smallest absolute Gasteiger partial charge is 0.342 e. The minimum atomic E-state index is -0.850. The molecule has 0 fully saturated rings. The van der Waals surface area contributed by atoms with Crippen LogP contribution in [0.4, 0.5) is 0 Å². The highest BCUT2D eigenvalue weighted by Gasteiger charge is 2.02. The quantitative estimate of drug-likeness (QED) is 0.643. The summed E-state index contributed by atoms with van der Waals surface area (Å²) in [5.41, 5.74) is 0. The summed E-state index contributed by atoms with van der Waals surface area (Å²) in [6.07, 6.45) is 3.58. The zero-order valence-electron chi connectivity index (χ0n) is 5.25. The van der Waals surface area contributed by atoms with Gasteiger partial charge >= 0.3 is 5.97 Å². The molecule has 0 aliphatic rings. The fourth-order valence-corrected chi connectivity index (χ4v) is 1.46. The number of rotatable bonds is 3. The van der Waals surface area contributed by atoms with Crippen LogP contribution in [0, 0.1) is 0 Å². The van der Waals surface area contributed by atoms with Crippen LogP contribution in [0.25, 0.3) is 0 Å². The van der Waals surface area contributed by atoms with Gasteiger partial charge in [-0.1, -0.05) is 0 Å². The van der Waals surface area contributed by atoms with Gasteiger partial charge in [0, 0.05) is 0 Å². The minimum absolute atomic E-state index is 0.391. The van der Waals surface area contributed by atoms with Gasteiger partial charge in [0.1, 0.15) is 0 Å². The third-order valence-electron chi connectivity index (χ3n) is 0.656. The molecule has 0 rings (SSSR count). The number of carboxylic acid groups (broad SMARTS) is 1. The molecule has 0 aromatic heterocycles. The molecular formula is C5H8O2S2. The maximum atomic E-state index is 10.2. The second-order valence-electron chi connectivity index (χ2n) is 1.23. The first-order chi connectivity index (χ1) is 4.22. The van der Waals surface area contributed by atoms with Gasteiger partial charge in [0.15, 0.2) is 0 Å². The predicted molar refractivity (Wildman–Crippen MR) is 42.7 cm³/mol. The Bertz CT molecular complexity index is 131. The molecule has 0 amide bonds. The Morgan fingerprint density at radius 3 is 2.22 bits per heavy atom. The van der Waals surface area contributed by atoms with Gasteiger partial charge in [-0.2, -0.15) is 0 Å². The molecule has 0 aromatic rings. The van der Waals surface area contributed by atoms with E-state index in [9.17, 15) is 4.79 Å². The van der Waals surface area contributed by atoms with Crippen LogP contribution in [-0.2, 0) is 4.79 Å². The van der Waals surface area contributed by atoms with Crippen molar-refractivity contribution in [3.8, 4) is 0 Å². The van der Waals surface area contributed by atoms with E-state index in [0.717, 1.165) is 0 Å². The Hall–Kier alpha value is -0.0900. The van der Waals surface area contributed by atoms with Crippen LogP contribution < -0.4 is 0 Å². The first kappa shape index (κ1) is 8.91. The maximum absolute atomic E-state index is 10.2. The topological polar surface area (TPSA) is 37.3 Å². The Balaban J connectivity index is 3.98. The van der Waals surface area contributed by atoms with Crippen molar-refractivity contribution < 1.29 is 9.90 Å². The SMILES string of the molecule is CSC=C(SC)C(=O)O. The average Bonchev–Trinajstić information content (AvgIpc) is 1.82. The Kier molecular flexibility index (Phi) is 4.71. The van der Waals surface area contributed by atoms with Crippen LogP contribution in [0.1, 0.15) is 0 Å². The summed E-state index contributed by atoms with van der Waals surface area (Å²) in [4.78, 5) is 10.6. The van der Waals surface area contributed by atoms with Crippen molar-refractivity contribution in [3.05, 3.63) is 10.3 Å². The molecule has 0 heterocycles. The first-order valence-corrected chi connectivity index (χ1v) is 4.74. The third-order valence-corrected chi connectivity index (χ3v) is 2.01. The fraction of sp³-hybridized carbons (Fsp3) is 0.400. The number of thioether (sulfide) groups is 2. The zero-order chi connectivity index (χ0) is 7.28. The van der Waals surface area contributed by atoms with Crippen LogP contribution >= 0.6 is 23.5 Å². The summed E-state index contributed by atoms with van der Waals surface area (Å²) in [6, 6.07) is 0. The van der Waals surface area contributed by atoms with Crippen LogP contribution in [0.3, 0.4) is 0 Å². The largest absolute Gasteiger partial charge is 0.477 e. The van der Waals surface area contributed by atoms with Gasteiger partial charge in [0.2, 0.25) is 0 Å². The fourth-order valence-electron chi connectivity index (χ4n) is 0.293. The van der Waals surface area contributed by atoms with E-state index in [1.807, 2.05) is 6.26 Å². The highest BCUT2D eigenvalue weighted by Crippen LogP contribution is 2.14. The van der Waals surface area contributed by atoms with Gasteiger partial charge in [-0.15, -0.1) is 23.5 Å². The van der Waals surface area contributed by atoms with Crippen LogP contribution in [0.5, 0.6) is 0 Å². The van der Waals surface area contributed by atoms with Crippen LogP contribution in [-0.4, -0.2) is 23.6 Å². The molecule has 2 nitrogen and oxygen atoms in total. The lowest BCUT2D eigenvalue weighted by Crippen LogP contribution is -1.94. The van der Waals surface area contributed by atoms with E-state index < -0.39 is 5.97 Å². The molecule has 0 spiro atoms. The van der Waals surface area contributed by atoms with E-state index in [1.54, 1.807) is 11.7 Å². The second-order valence-corrected chi connectivity index (χ2v) is 2.78. The predicted octanol–water partition coefficient (Wildman–Crippen LogP) is 1.64. The monoisotopic (exact) mass is 164 g/mol. The van der Waals surface area contributed by atoms with E-state index in [0.29, 0.717) is 4.91 Å².